The molecule has 2 rings (SSSR count). The summed E-state index contributed by atoms with van der Waals surface area (Å²) in [6.07, 6.45) is 1.39. The Labute approximate surface area is 72.7 Å². The first-order valence-electron chi connectivity index (χ1n) is 4.60. The number of morpholine rings is 1. The molecule has 2 saturated heterocycles. The second kappa shape index (κ2) is 2.73. The number of fused-ring (bicyclic) bond motifs is 2. The van der Waals surface area contributed by atoms with Crippen molar-refractivity contribution in [1.82, 2.24) is 4.90 Å². The number of carbonyl (C=O) groups excluding carboxylic acids is 1. The maximum atomic E-state index is 11.6. The molecule has 2 fully saturated rings. The van der Waals surface area contributed by atoms with Gasteiger partial charge in [0.2, 0.25) is 5.91 Å². The van der Waals surface area contributed by atoms with Crippen molar-refractivity contribution in [2.24, 2.45) is 5.92 Å². The number of carbonyl (C=O) groups is 1. The molecule has 12 heavy (non-hydrogen) atoms. The molecule has 0 aromatic carbocycles. The van der Waals surface area contributed by atoms with Gasteiger partial charge in [0.15, 0.2) is 0 Å². The van der Waals surface area contributed by atoms with Crippen molar-refractivity contribution in [3.8, 4) is 0 Å². The van der Waals surface area contributed by atoms with Crippen LogP contribution in [0, 0.1) is 5.92 Å². The van der Waals surface area contributed by atoms with E-state index in [-0.39, 0.29) is 11.8 Å². The average molecular weight is 169 g/mol. The van der Waals surface area contributed by atoms with Gasteiger partial charge in [-0.05, 0) is 6.42 Å². The number of rotatable bonds is 1. The Morgan fingerprint density at radius 1 is 1.58 bits per heavy atom. The molecule has 2 atom stereocenters. The molecule has 2 heterocycles. The van der Waals surface area contributed by atoms with E-state index in [1.54, 1.807) is 0 Å². The van der Waals surface area contributed by atoms with E-state index < -0.39 is 0 Å². The van der Waals surface area contributed by atoms with Crippen LogP contribution < -0.4 is 0 Å². The molecule has 0 spiro atoms. The number of likely N-dealkylation sites (tertiary alicyclic amines) is 1. The quantitative estimate of drug-likeness (QED) is 0.576. The van der Waals surface area contributed by atoms with E-state index in [1.165, 1.54) is 0 Å². The van der Waals surface area contributed by atoms with Gasteiger partial charge in [-0.1, -0.05) is 13.8 Å². The van der Waals surface area contributed by atoms with E-state index in [0.717, 1.165) is 19.6 Å². The second-order valence-corrected chi connectivity index (χ2v) is 3.99. The minimum absolute atomic E-state index is 0.129. The summed E-state index contributed by atoms with van der Waals surface area (Å²) in [4.78, 5) is 13.6. The minimum atomic E-state index is 0.129. The molecule has 0 aliphatic carbocycles. The molecule has 2 bridgehead atoms. The van der Waals surface area contributed by atoms with Crippen LogP contribution in [0.5, 0.6) is 0 Å². The van der Waals surface area contributed by atoms with Gasteiger partial charge in [-0.3, -0.25) is 4.79 Å². The van der Waals surface area contributed by atoms with Gasteiger partial charge < -0.3 is 9.64 Å². The Kier molecular flexibility index (Phi) is 1.83. The Balaban J connectivity index is 2.02. The van der Waals surface area contributed by atoms with Crippen LogP contribution in [0.1, 0.15) is 20.3 Å². The van der Waals surface area contributed by atoms with Gasteiger partial charge in [0, 0.05) is 12.5 Å². The van der Waals surface area contributed by atoms with Gasteiger partial charge in [0.25, 0.3) is 0 Å². The van der Waals surface area contributed by atoms with Crippen LogP contribution >= 0.6 is 0 Å². The maximum absolute atomic E-state index is 11.6. The lowest BCUT2D eigenvalue weighted by molar-refractivity contribution is -0.138. The standard InChI is InChI=1S/C9H15NO2/c1-6(2)9(11)10-4-8-3-7(10)5-12-8/h6-8H,3-5H2,1-2H3/t7-,8-/m0/s1. The largest absolute Gasteiger partial charge is 0.374 e. The number of nitrogens with zero attached hydrogens (tertiary/aromatic N) is 1. The molecule has 0 radical (unpaired) electrons. The van der Waals surface area contributed by atoms with Crippen LogP contribution in [0.2, 0.25) is 0 Å². The van der Waals surface area contributed by atoms with E-state index in [1.807, 2.05) is 18.7 Å². The zero-order valence-corrected chi connectivity index (χ0v) is 7.62. The third-order valence-corrected chi connectivity index (χ3v) is 2.68. The number of ether oxygens (including phenoxy) is 1. The Bertz CT molecular complexity index is 203. The lowest BCUT2D eigenvalue weighted by Crippen LogP contribution is -2.43. The smallest absolute Gasteiger partial charge is 0.225 e. The topological polar surface area (TPSA) is 29.5 Å². The van der Waals surface area contributed by atoms with E-state index in [2.05, 4.69) is 0 Å². The van der Waals surface area contributed by atoms with Gasteiger partial charge in [0.1, 0.15) is 0 Å². The van der Waals surface area contributed by atoms with Crippen molar-refractivity contribution >= 4 is 5.91 Å². The normalized spacial score (nSPS) is 33.4. The predicted octanol–water partition coefficient (Wildman–Crippen LogP) is 0.642. The predicted molar refractivity (Wildman–Crippen MR) is 44.7 cm³/mol. The van der Waals surface area contributed by atoms with E-state index in [0.29, 0.717) is 12.1 Å². The van der Waals surface area contributed by atoms with Gasteiger partial charge in [-0.2, -0.15) is 0 Å². The Morgan fingerprint density at radius 3 is 2.75 bits per heavy atom. The fourth-order valence-electron chi connectivity index (χ4n) is 2.00. The lowest BCUT2D eigenvalue weighted by atomic mass is 10.1. The molecule has 1 amide bonds. The molecule has 2 aliphatic heterocycles. The van der Waals surface area contributed by atoms with Gasteiger partial charge in [0.05, 0.1) is 18.8 Å². The monoisotopic (exact) mass is 169 g/mol. The van der Waals surface area contributed by atoms with E-state index >= 15 is 0 Å². The highest BCUT2D eigenvalue weighted by Gasteiger charge is 2.41. The molecule has 68 valence electrons. The molecule has 0 aromatic rings. The summed E-state index contributed by atoms with van der Waals surface area (Å²) in [6.45, 7) is 5.48. The number of hydrogen-bond acceptors (Lipinski definition) is 2. The molecule has 2 aliphatic rings. The van der Waals surface area contributed by atoms with Crippen molar-refractivity contribution in [3.05, 3.63) is 0 Å². The fraction of sp³-hybridized carbons (Fsp3) is 0.889. The highest BCUT2D eigenvalue weighted by atomic mass is 16.5. The number of amides is 1. The van der Waals surface area contributed by atoms with E-state index in [9.17, 15) is 4.79 Å². The molecule has 0 unspecified atom stereocenters. The van der Waals surface area contributed by atoms with Gasteiger partial charge >= 0.3 is 0 Å². The zero-order chi connectivity index (χ0) is 8.72. The third-order valence-electron chi connectivity index (χ3n) is 2.68. The second-order valence-electron chi connectivity index (χ2n) is 3.99. The van der Waals surface area contributed by atoms with Gasteiger partial charge in [-0.25, -0.2) is 0 Å². The van der Waals surface area contributed by atoms with Crippen LogP contribution in [0.4, 0.5) is 0 Å². The summed E-state index contributed by atoms with van der Waals surface area (Å²) in [5.41, 5.74) is 0. The SMILES string of the molecule is CC(C)C(=O)N1C[C@@H]2C[C@H]1CO2. The van der Waals surface area contributed by atoms with Crippen molar-refractivity contribution in [1.29, 1.82) is 0 Å². The summed E-state index contributed by atoms with van der Waals surface area (Å²) in [5, 5.41) is 0. The molecule has 0 aromatic heterocycles. The minimum Gasteiger partial charge on any atom is -0.374 e. The van der Waals surface area contributed by atoms with Crippen molar-refractivity contribution in [3.63, 3.8) is 0 Å². The fourth-order valence-corrected chi connectivity index (χ4v) is 2.00. The summed E-state index contributed by atoms with van der Waals surface area (Å²) in [5.74, 6) is 0.412. The van der Waals surface area contributed by atoms with Crippen LogP contribution in [-0.4, -0.2) is 36.1 Å². The molecular weight excluding hydrogens is 154 g/mol. The van der Waals surface area contributed by atoms with Crippen LogP contribution in [-0.2, 0) is 9.53 Å². The van der Waals surface area contributed by atoms with Crippen LogP contribution in [0.15, 0.2) is 0 Å². The average Bonchev–Trinajstić information content (AvgIpc) is 2.62. The zero-order valence-electron chi connectivity index (χ0n) is 7.62. The Morgan fingerprint density at radius 2 is 2.33 bits per heavy atom. The molecule has 3 heteroatoms. The van der Waals surface area contributed by atoms with Crippen molar-refractivity contribution < 1.29 is 9.53 Å². The van der Waals surface area contributed by atoms with E-state index in [4.69, 9.17) is 4.74 Å². The first-order valence-corrected chi connectivity index (χ1v) is 4.60. The Hall–Kier alpha value is -0.570. The third kappa shape index (κ3) is 1.12. The molecule has 3 nitrogen and oxygen atoms in total. The lowest BCUT2D eigenvalue weighted by Gasteiger charge is -2.28. The van der Waals surface area contributed by atoms with Crippen molar-refractivity contribution in [2.45, 2.75) is 32.4 Å². The van der Waals surface area contributed by atoms with Gasteiger partial charge in [-0.15, -0.1) is 0 Å². The first kappa shape index (κ1) is 8.05. The molecular formula is C9H15NO2. The summed E-state index contributed by atoms with van der Waals surface area (Å²) >= 11 is 0. The molecule has 0 N–H and O–H groups in total. The highest BCUT2D eigenvalue weighted by molar-refractivity contribution is 5.79. The highest BCUT2D eigenvalue weighted by Crippen LogP contribution is 2.28. The summed E-state index contributed by atoms with van der Waals surface area (Å²) < 4.78 is 5.42. The van der Waals surface area contributed by atoms with Crippen molar-refractivity contribution in [2.75, 3.05) is 13.2 Å². The van der Waals surface area contributed by atoms with Crippen LogP contribution in [0.3, 0.4) is 0 Å². The summed E-state index contributed by atoms with van der Waals surface area (Å²) in [6, 6.07) is 0.380. The molecule has 0 saturated carbocycles. The first-order chi connectivity index (χ1) is 5.68. The summed E-state index contributed by atoms with van der Waals surface area (Å²) in [7, 11) is 0. The maximum Gasteiger partial charge on any atom is 0.225 e. The van der Waals surface area contributed by atoms with Crippen LogP contribution in [0.25, 0.3) is 0 Å². The number of hydrogen-bond donors (Lipinski definition) is 0.